The fraction of sp³-hybridized carbons (Fsp3) is 0.250. The fourth-order valence-electron chi connectivity index (χ4n) is 3.07. The Hall–Kier alpha value is -2.40. The van der Waals surface area contributed by atoms with Crippen molar-refractivity contribution in [2.45, 2.75) is 31.1 Å². The van der Waals surface area contributed by atoms with Crippen LogP contribution in [0.25, 0.3) is 11.6 Å². The summed E-state index contributed by atoms with van der Waals surface area (Å²) in [4.78, 5) is 11.4. The second-order valence-corrected chi connectivity index (χ2v) is 8.43. The van der Waals surface area contributed by atoms with Gasteiger partial charge in [0.15, 0.2) is 9.84 Å². The summed E-state index contributed by atoms with van der Waals surface area (Å²) < 4.78 is 24.9. The zero-order valence-corrected chi connectivity index (χ0v) is 14.8. The van der Waals surface area contributed by atoms with Crippen molar-refractivity contribution in [2.75, 3.05) is 5.75 Å². The Kier molecular flexibility index (Phi) is 4.77. The number of fused-ring (bicyclic) bond motifs is 1. The first-order valence-corrected chi connectivity index (χ1v) is 9.90. The Morgan fingerprint density at radius 3 is 2.40 bits per heavy atom. The van der Waals surface area contributed by atoms with Crippen molar-refractivity contribution in [3.8, 4) is 0 Å². The molecule has 130 valence electrons. The molecule has 0 radical (unpaired) electrons. The molecule has 0 atom stereocenters. The van der Waals surface area contributed by atoms with E-state index in [0.29, 0.717) is 11.3 Å². The molecule has 2 aromatic rings. The Bertz CT molecular complexity index is 938. The Morgan fingerprint density at radius 1 is 1.04 bits per heavy atom. The van der Waals surface area contributed by atoms with Crippen LogP contribution in [0.3, 0.4) is 0 Å². The summed E-state index contributed by atoms with van der Waals surface area (Å²) in [6.45, 7) is 1.93. The highest BCUT2D eigenvalue weighted by atomic mass is 32.2. The Labute approximate surface area is 147 Å². The second kappa shape index (κ2) is 6.84. The van der Waals surface area contributed by atoms with Crippen molar-refractivity contribution in [3.63, 3.8) is 0 Å². The molecule has 2 aromatic carbocycles. The van der Waals surface area contributed by atoms with Gasteiger partial charge in [-0.3, -0.25) is 0 Å². The van der Waals surface area contributed by atoms with Crippen molar-refractivity contribution >= 4 is 27.5 Å². The van der Waals surface area contributed by atoms with Crippen LogP contribution in [0.15, 0.2) is 47.4 Å². The van der Waals surface area contributed by atoms with Crippen molar-refractivity contribution in [2.24, 2.45) is 0 Å². The minimum Gasteiger partial charge on any atom is -0.478 e. The number of aromatic carboxylic acids is 1. The van der Waals surface area contributed by atoms with Gasteiger partial charge in [-0.2, -0.15) is 0 Å². The quantitative estimate of drug-likeness (QED) is 0.842. The number of carboxylic acids is 1. The largest absolute Gasteiger partial charge is 0.478 e. The number of carbonyl (C=O) groups is 1. The number of aryl methyl sites for hydroxylation is 1. The molecule has 0 aliphatic carbocycles. The number of hydrogen-bond donors (Lipinski definition) is 1. The van der Waals surface area contributed by atoms with Gasteiger partial charge in [0.2, 0.25) is 0 Å². The summed E-state index contributed by atoms with van der Waals surface area (Å²) in [5.41, 5.74) is 3.82. The standard InChI is InChI=1S/C20H20O4S/c1-14(12-15-5-7-17(8-6-15)20(21)22)18-10-9-16-4-2-3-11-25(23,24)19(16)13-18/h5-10,12-13H,2-4,11H2,1H3,(H,21,22). The monoisotopic (exact) mass is 356 g/mol. The molecule has 4 nitrogen and oxygen atoms in total. The number of benzene rings is 2. The molecule has 0 aromatic heterocycles. The molecule has 0 bridgehead atoms. The summed E-state index contributed by atoms with van der Waals surface area (Å²) in [6.07, 6.45) is 4.33. The van der Waals surface area contributed by atoms with Crippen molar-refractivity contribution in [3.05, 3.63) is 64.7 Å². The first-order chi connectivity index (χ1) is 11.9. The van der Waals surface area contributed by atoms with Crippen LogP contribution < -0.4 is 0 Å². The lowest BCUT2D eigenvalue weighted by molar-refractivity contribution is 0.0697. The minimum atomic E-state index is -3.22. The fourth-order valence-corrected chi connectivity index (χ4v) is 4.75. The van der Waals surface area contributed by atoms with E-state index < -0.39 is 15.8 Å². The van der Waals surface area contributed by atoms with E-state index >= 15 is 0 Å². The van der Waals surface area contributed by atoms with E-state index in [0.717, 1.165) is 35.1 Å². The molecule has 0 spiro atoms. The van der Waals surface area contributed by atoms with E-state index in [1.165, 1.54) is 0 Å². The molecule has 1 N–H and O–H groups in total. The molecular weight excluding hydrogens is 336 g/mol. The number of sulfone groups is 1. The first-order valence-electron chi connectivity index (χ1n) is 8.24. The third-order valence-electron chi connectivity index (χ3n) is 4.51. The van der Waals surface area contributed by atoms with E-state index in [1.807, 2.05) is 25.1 Å². The highest BCUT2D eigenvalue weighted by Gasteiger charge is 2.22. The van der Waals surface area contributed by atoms with Crippen molar-refractivity contribution in [1.29, 1.82) is 0 Å². The zero-order valence-electron chi connectivity index (χ0n) is 14.0. The molecule has 0 unspecified atom stereocenters. The van der Waals surface area contributed by atoms with Gasteiger partial charge in [0.1, 0.15) is 0 Å². The highest BCUT2D eigenvalue weighted by Crippen LogP contribution is 2.28. The van der Waals surface area contributed by atoms with Gasteiger partial charge in [-0.25, -0.2) is 13.2 Å². The average molecular weight is 356 g/mol. The minimum absolute atomic E-state index is 0.211. The van der Waals surface area contributed by atoms with Gasteiger partial charge in [0.05, 0.1) is 16.2 Å². The summed E-state index contributed by atoms with van der Waals surface area (Å²) >= 11 is 0. The van der Waals surface area contributed by atoms with Gasteiger partial charge in [-0.1, -0.05) is 30.3 Å². The maximum atomic E-state index is 12.5. The topological polar surface area (TPSA) is 71.4 Å². The van der Waals surface area contributed by atoms with Gasteiger partial charge in [-0.05, 0) is 66.6 Å². The van der Waals surface area contributed by atoms with Gasteiger partial charge in [-0.15, -0.1) is 0 Å². The number of hydrogen-bond acceptors (Lipinski definition) is 3. The lowest BCUT2D eigenvalue weighted by Crippen LogP contribution is -2.06. The number of allylic oxidation sites excluding steroid dienone is 1. The number of rotatable bonds is 3. The van der Waals surface area contributed by atoms with E-state index in [9.17, 15) is 13.2 Å². The Morgan fingerprint density at radius 2 is 1.72 bits per heavy atom. The maximum Gasteiger partial charge on any atom is 0.335 e. The first kappa shape index (κ1) is 17.4. The van der Waals surface area contributed by atoms with Crippen LogP contribution in [0.5, 0.6) is 0 Å². The smallest absolute Gasteiger partial charge is 0.335 e. The normalized spacial score (nSPS) is 16.8. The lowest BCUT2D eigenvalue weighted by Gasteiger charge is -2.10. The summed E-state index contributed by atoms with van der Waals surface area (Å²) in [5, 5.41) is 8.95. The third kappa shape index (κ3) is 3.82. The van der Waals surface area contributed by atoms with Crippen LogP contribution in [-0.2, 0) is 16.3 Å². The van der Waals surface area contributed by atoms with E-state index in [4.69, 9.17) is 5.11 Å². The van der Waals surface area contributed by atoms with Gasteiger partial charge in [0.25, 0.3) is 0 Å². The highest BCUT2D eigenvalue weighted by molar-refractivity contribution is 7.91. The van der Waals surface area contributed by atoms with Gasteiger partial charge >= 0.3 is 5.97 Å². The van der Waals surface area contributed by atoms with Crippen molar-refractivity contribution in [1.82, 2.24) is 0 Å². The second-order valence-electron chi connectivity index (χ2n) is 6.35. The van der Waals surface area contributed by atoms with Crippen LogP contribution in [0.1, 0.15) is 46.8 Å². The summed E-state index contributed by atoms with van der Waals surface area (Å²) in [5.74, 6) is -0.744. The zero-order chi connectivity index (χ0) is 18.0. The van der Waals surface area contributed by atoms with Crippen molar-refractivity contribution < 1.29 is 18.3 Å². The molecule has 0 saturated carbocycles. The molecule has 3 rings (SSSR count). The molecule has 25 heavy (non-hydrogen) atoms. The maximum absolute atomic E-state index is 12.5. The Balaban J connectivity index is 1.96. The molecule has 0 fully saturated rings. The van der Waals surface area contributed by atoms with Crippen LogP contribution >= 0.6 is 0 Å². The SMILES string of the molecule is CC(=Cc1ccc(C(=O)O)cc1)c1ccc2c(c1)S(=O)(=O)CCCC2. The predicted molar refractivity (Wildman–Crippen MR) is 98.4 cm³/mol. The molecule has 0 amide bonds. The van der Waals surface area contributed by atoms with Gasteiger partial charge in [0, 0.05) is 0 Å². The van der Waals surface area contributed by atoms with Crippen LogP contribution in [0.4, 0.5) is 0 Å². The molecule has 1 heterocycles. The van der Waals surface area contributed by atoms with Crippen LogP contribution in [0, 0.1) is 0 Å². The molecule has 0 saturated heterocycles. The summed E-state index contributed by atoms with van der Waals surface area (Å²) in [7, 11) is -3.22. The lowest BCUT2D eigenvalue weighted by atomic mass is 10.0. The van der Waals surface area contributed by atoms with E-state index in [-0.39, 0.29) is 11.3 Å². The third-order valence-corrected chi connectivity index (χ3v) is 6.38. The predicted octanol–water partition coefficient (Wildman–Crippen LogP) is 4.06. The number of carboxylic acid groups (broad SMARTS) is 1. The van der Waals surface area contributed by atoms with E-state index in [2.05, 4.69) is 0 Å². The molecule has 5 heteroatoms. The molecule has 1 aliphatic rings. The van der Waals surface area contributed by atoms with E-state index in [1.54, 1.807) is 30.3 Å². The van der Waals surface area contributed by atoms with Crippen LogP contribution in [0.2, 0.25) is 0 Å². The van der Waals surface area contributed by atoms with Gasteiger partial charge < -0.3 is 5.11 Å². The average Bonchev–Trinajstić information content (AvgIpc) is 2.73. The summed E-state index contributed by atoms with van der Waals surface area (Å²) in [6, 6.07) is 12.2. The van der Waals surface area contributed by atoms with Crippen LogP contribution in [-0.4, -0.2) is 25.2 Å². The molecule has 1 aliphatic heterocycles. The molecular formula is C20H20O4S.